The Morgan fingerprint density at radius 2 is 1.50 bits per heavy atom. The zero-order valence-corrected chi connectivity index (χ0v) is 15.3. The van der Waals surface area contributed by atoms with Gasteiger partial charge in [-0.25, -0.2) is 0 Å². The smallest absolute Gasteiger partial charge is 0.202 e. The van der Waals surface area contributed by atoms with Crippen molar-refractivity contribution in [2.45, 2.75) is 20.0 Å². The zero-order valence-electron chi connectivity index (χ0n) is 15.3. The van der Waals surface area contributed by atoms with Gasteiger partial charge in [0.1, 0.15) is 17.2 Å². The van der Waals surface area contributed by atoms with E-state index >= 15 is 0 Å². The van der Waals surface area contributed by atoms with Crippen molar-refractivity contribution in [2.75, 3.05) is 21.3 Å². The van der Waals surface area contributed by atoms with Crippen LogP contribution in [0.5, 0.6) is 17.2 Å². The Morgan fingerprint density at radius 1 is 0.885 bits per heavy atom. The van der Waals surface area contributed by atoms with Gasteiger partial charge in [-0.15, -0.1) is 0 Å². The van der Waals surface area contributed by atoms with Crippen LogP contribution < -0.4 is 14.2 Å². The quantitative estimate of drug-likeness (QED) is 0.774. The van der Waals surface area contributed by atoms with Crippen molar-refractivity contribution in [1.82, 2.24) is 0 Å². The van der Waals surface area contributed by atoms with Gasteiger partial charge in [0, 0.05) is 16.7 Å². The molecule has 0 bridgehead atoms. The normalized spacial score (nSPS) is 13.8. The molecular weight excluding hydrogens is 336 g/mol. The Kier molecular flexibility index (Phi) is 4.46. The van der Waals surface area contributed by atoms with Gasteiger partial charge in [-0.05, 0) is 19.9 Å². The maximum absolute atomic E-state index is 13.3. The van der Waals surface area contributed by atoms with Crippen LogP contribution in [0.15, 0.2) is 18.2 Å². The molecule has 3 rings (SSSR count). The average molecular weight is 356 g/mol. The standard InChI is InChI=1S/C20H20O6/c1-9-13(10(2)21)20(26-5)16-15(19(9)25-4)17(22)11-7-6-8-12(24-3)14(11)18(16)23/h6-8,10,21H,1-5H3. The van der Waals surface area contributed by atoms with Crippen LogP contribution in [-0.2, 0) is 0 Å². The van der Waals surface area contributed by atoms with Crippen LogP contribution >= 0.6 is 0 Å². The molecule has 0 radical (unpaired) electrons. The number of ketones is 2. The minimum atomic E-state index is -0.911. The number of fused-ring (bicyclic) bond motifs is 2. The number of hydrogen-bond donors (Lipinski definition) is 1. The highest BCUT2D eigenvalue weighted by Gasteiger charge is 2.40. The molecular formula is C20H20O6. The minimum Gasteiger partial charge on any atom is -0.496 e. The van der Waals surface area contributed by atoms with Crippen LogP contribution in [0.3, 0.4) is 0 Å². The molecule has 1 atom stereocenters. The van der Waals surface area contributed by atoms with Gasteiger partial charge >= 0.3 is 0 Å². The van der Waals surface area contributed by atoms with E-state index in [-0.39, 0.29) is 39.5 Å². The molecule has 136 valence electrons. The number of carbonyl (C=O) groups excluding carboxylic acids is 2. The molecule has 0 heterocycles. The van der Waals surface area contributed by atoms with Crippen molar-refractivity contribution in [3.8, 4) is 17.2 Å². The van der Waals surface area contributed by atoms with Crippen molar-refractivity contribution < 1.29 is 28.9 Å². The van der Waals surface area contributed by atoms with Crippen molar-refractivity contribution >= 4 is 11.6 Å². The molecule has 0 spiro atoms. The fourth-order valence-electron chi connectivity index (χ4n) is 3.63. The second-order valence-electron chi connectivity index (χ2n) is 6.07. The number of benzene rings is 2. The van der Waals surface area contributed by atoms with E-state index in [0.29, 0.717) is 16.9 Å². The Labute approximate surface area is 151 Å². The second-order valence-corrected chi connectivity index (χ2v) is 6.07. The molecule has 26 heavy (non-hydrogen) atoms. The lowest BCUT2D eigenvalue weighted by molar-refractivity contribution is 0.0970. The first kappa shape index (κ1) is 17.9. The van der Waals surface area contributed by atoms with Crippen molar-refractivity contribution in [3.63, 3.8) is 0 Å². The Hall–Kier alpha value is -2.86. The molecule has 1 N–H and O–H groups in total. The highest BCUT2D eigenvalue weighted by atomic mass is 16.5. The van der Waals surface area contributed by atoms with E-state index in [0.717, 1.165) is 0 Å². The molecule has 1 aliphatic rings. The first-order valence-electron chi connectivity index (χ1n) is 8.11. The van der Waals surface area contributed by atoms with Crippen LogP contribution in [0.4, 0.5) is 0 Å². The maximum atomic E-state index is 13.3. The Balaban J connectivity index is 2.48. The monoisotopic (exact) mass is 356 g/mol. The van der Waals surface area contributed by atoms with Gasteiger partial charge < -0.3 is 19.3 Å². The summed E-state index contributed by atoms with van der Waals surface area (Å²) in [6.07, 6.45) is -0.911. The largest absolute Gasteiger partial charge is 0.496 e. The fraction of sp³-hybridized carbons (Fsp3) is 0.300. The van der Waals surface area contributed by atoms with Crippen LogP contribution in [0.1, 0.15) is 56.0 Å². The molecule has 6 heteroatoms. The van der Waals surface area contributed by atoms with Gasteiger partial charge in [-0.2, -0.15) is 0 Å². The van der Waals surface area contributed by atoms with E-state index in [9.17, 15) is 14.7 Å². The molecule has 0 fully saturated rings. The third-order valence-electron chi connectivity index (χ3n) is 4.69. The van der Waals surface area contributed by atoms with Crippen LogP contribution in [0, 0.1) is 6.92 Å². The highest BCUT2D eigenvalue weighted by Crippen LogP contribution is 2.46. The van der Waals surface area contributed by atoms with E-state index < -0.39 is 11.9 Å². The lowest BCUT2D eigenvalue weighted by Gasteiger charge is -2.27. The SMILES string of the molecule is COc1cccc2c1C(=O)c1c(OC)c(C(C)O)c(C)c(OC)c1C2=O. The third kappa shape index (κ3) is 2.29. The Morgan fingerprint density at radius 3 is 2.04 bits per heavy atom. The van der Waals surface area contributed by atoms with Gasteiger partial charge in [-0.3, -0.25) is 9.59 Å². The van der Waals surface area contributed by atoms with Gasteiger partial charge in [0.05, 0.1) is 44.1 Å². The molecule has 0 aliphatic heterocycles. The molecule has 0 saturated carbocycles. The molecule has 0 saturated heterocycles. The lowest BCUT2D eigenvalue weighted by Crippen LogP contribution is -2.25. The first-order chi connectivity index (χ1) is 12.4. The first-order valence-corrected chi connectivity index (χ1v) is 8.11. The summed E-state index contributed by atoms with van der Waals surface area (Å²) in [5.41, 5.74) is 1.66. The van der Waals surface area contributed by atoms with Crippen molar-refractivity contribution in [2.24, 2.45) is 0 Å². The summed E-state index contributed by atoms with van der Waals surface area (Å²) in [7, 11) is 4.28. The number of carbonyl (C=O) groups is 2. The van der Waals surface area contributed by atoms with Gasteiger partial charge in [0.25, 0.3) is 0 Å². The molecule has 2 aromatic carbocycles. The van der Waals surface area contributed by atoms with E-state index in [2.05, 4.69) is 0 Å². The number of ether oxygens (including phenoxy) is 3. The molecule has 1 unspecified atom stereocenters. The molecule has 1 aliphatic carbocycles. The summed E-state index contributed by atoms with van der Waals surface area (Å²) in [5, 5.41) is 10.2. The second kappa shape index (κ2) is 6.46. The van der Waals surface area contributed by atoms with Crippen molar-refractivity contribution in [1.29, 1.82) is 0 Å². The number of aliphatic hydroxyl groups excluding tert-OH is 1. The summed E-state index contributed by atoms with van der Waals surface area (Å²) in [6.45, 7) is 3.29. The molecule has 6 nitrogen and oxygen atoms in total. The predicted octanol–water partition coefficient (Wildman–Crippen LogP) is 2.85. The molecule has 0 amide bonds. The van der Waals surface area contributed by atoms with Crippen LogP contribution in [0.2, 0.25) is 0 Å². The number of hydrogen-bond acceptors (Lipinski definition) is 6. The zero-order chi connectivity index (χ0) is 19.2. The Bertz CT molecular complexity index is 927. The van der Waals surface area contributed by atoms with Gasteiger partial charge in [-0.1, -0.05) is 12.1 Å². The number of rotatable bonds is 4. The minimum absolute atomic E-state index is 0.0906. The topological polar surface area (TPSA) is 82.1 Å². The van der Waals surface area contributed by atoms with E-state index in [1.54, 1.807) is 32.0 Å². The molecule has 2 aromatic rings. The van der Waals surface area contributed by atoms with Crippen LogP contribution in [-0.4, -0.2) is 38.0 Å². The predicted molar refractivity (Wildman–Crippen MR) is 94.8 cm³/mol. The number of methoxy groups -OCH3 is 3. The van der Waals surface area contributed by atoms with E-state index in [4.69, 9.17) is 14.2 Å². The summed E-state index contributed by atoms with van der Waals surface area (Å²) < 4.78 is 16.2. The third-order valence-corrected chi connectivity index (χ3v) is 4.69. The average Bonchev–Trinajstić information content (AvgIpc) is 2.63. The number of aliphatic hydroxyl groups is 1. The fourth-order valence-corrected chi connectivity index (χ4v) is 3.63. The summed E-state index contributed by atoms with van der Waals surface area (Å²) in [4.78, 5) is 26.5. The molecule has 0 aromatic heterocycles. The van der Waals surface area contributed by atoms with E-state index in [1.165, 1.54) is 21.3 Å². The van der Waals surface area contributed by atoms with Crippen LogP contribution in [0.25, 0.3) is 0 Å². The summed E-state index contributed by atoms with van der Waals surface area (Å²) in [6, 6.07) is 4.88. The van der Waals surface area contributed by atoms with Gasteiger partial charge in [0.2, 0.25) is 5.78 Å². The maximum Gasteiger partial charge on any atom is 0.202 e. The lowest BCUT2D eigenvalue weighted by atomic mass is 9.79. The van der Waals surface area contributed by atoms with Crippen molar-refractivity contribution in [3.05, 3.63) is 51.6 Å². The highest BCUT2D eigenvalue weighted by molar-refractivity contribution is 6.31. The summed E-state index contributed by atoms with van der Waals surface area (Å²) >= 11 is 0. The van der Waals surface area contributed by atoms with E-state index in [1.807, 2.05) is 0 Å². The van der Waals surface area contributed by atoms with Gasteiger partial charge in [0.15, 0.2) is 5.78 Å². The summed E-state index contributed by atoms with van der Waals surface area (Å²) in [5.74, 6) is 0.0198.